The fourth-order valence-corrected chi connectivity index (χ4v) is 5.90. The zero-order chi connectivity index (χ0) is 25.4. The number of rotatable bonds is 17. The summed E-state index contributed by atoms with van der Waals surface area (Å²) in [5, 5.41) is 5.54. The van der Waals surface area contributed by atoms with E-state index in [2.05, 4.69) is 10.6 Å². The number of nitrogens with one attached hydrogen (secondary N) is 2. The first-order valence-electron chi connectivity index (χ1n) is 11.8. The van der Waals surface area contributed by atoms with Crippen molar-refractivity contribution in [3.63, 3.8) is 0 Å². The van der Waals surface area contributed by atoms with Gasteiger partial charge >= 0.3 is 5.97 Å². The molecule has 10 heteroatoms. The van der Waals surface area contributed by atoms with Crippen LogP contribution in [-0.4, -0.2) is 56.1 Å². The van der Waals surface area contributed by atoms with Gasteiger partial charge in [0, 0.05) is 38.8 Å². The van der Waals surface area contributed by atoms with Crippen molar-refractivity contribution in [2.75, 3.05) is 32.5 Å². The van der Waals surface area contributed by atoms with E-state index in [1.807, 2.05) is 20.8 Å². The number of benzene rings is 1. The van der Waals surface area contributed by atoms with Gasteiger partial charge in [0.25, 0.3) is 7.37 Å². The lowest BCUT2D eigenvalue weighted by molar-refractivity contribution is -0.142. The van der Waals surface area contributed by atoms with E-state index in [1.165, 1.54) is 0 Å². The summed E-state index contributed by atoms with van der Waals surface area (Å²) in [5.41, 5.74) is 0. The van der Waals surface area contributed by atoms with Crippen LogP contribution >= 0.6 is 7.37 Å². The summed E-state index contributed by atoms with van der Waals surface area (Å²) in [5.74, 6) is -1.80. The fourth-order valence-electron chi connectivity index (χ4n) is 3.20. The van der Waals surface area contributed by atoms with Gasteiger partial charge in [0.1, 0.15) is 11.5 Å². The van der Waals surface area contributed by atoms with Crippen LogP contribution in [0.25, 0.3) is 0 Å². The third-order valence-corrected chi connectivity index (χ3v) is 7.81. The summed E-state index contributed by atoms with van der Waals surface area (Å²) < 4.78 is 30.1. The van der Waals surface area contributed by atoms with E-state index >= 15 is 0 Å². The van der Waals surface area contributed by atoms with Gasteiger partial charge in [-0.25, -0.2) is 0 Å². The average Bonchev–Trinajstić information content (AvgIpc) is 2.80. The van der Waals surface area contributed by atoms with Gasteiger partial charge in [-0.3, -0.25) is 18.9 Å². The molecule has 0 saturated carbocycles. The van der Waals surface area contributed by atoms with E-state index in [-0.39, 0.29) is 43.9 Å². The lowest BCUT2D eigenvalue weighted by atomic mass is 10.2. The number of para-hydroxylation sites is 1. The molecule has 1 rings (SSSR count). The maximum atomic E-state index is 14.0. The van der Waals surface area contributed by atoms with Gasteiger partial charge in [-0.2, -0.15) is 0 Å². The van der Waals surface area contributed by atoms with E-state index in [1.54, 1.807) is 37.3 Å². The van der Waals surface area contributed by atoms with E-state index in [4.69, 9.17) is 14.0 Å². The summed E-state index contributed by atoms with van der Waals surface area (Å²) in [4.78, 5) is 36.6. The molecule has 0 heterocycles. The number of carbonyl (C=O) groups excluding carboxylic acids is 3. The highest BCUT2D eigenvalue weighted by atomic mass is 31.2. The van der Waals surface area contributed by atoms with Gasteiger partial charge in [-0.1, -0.05) is 32.0 Å². The Hall–Kier alpha value is -2.38. The molecule has 1 aromatic carbocycles. The minimum atomic E-state index is -3.56. The quantitative estimate of drug-likeness (QED) is 0.191. The second kappa shape index (κ2) is 16.3. The average molecular weight is 499 g/mol. The summed E-state index contributed by atoms with van der Waals surface area (Å²) in [7, 11) is -3.56. The van der Waals surface area contributed by atoms with Crippen LogP contribution in [0, 0.1) is 5.92 Å². The Morgan fingerprint density at radius 2 is 1.65 bits per heavy atom. The van der Waals surface area contributed by atoms with Crippen LogP contribution in [0.2, 0.25) is 0 Å². The van der Waals surface area contributed by atoms with Gasteiger partial charge in [-0.05, 0) is 38.3 Å². The fraction of sp³-hybridized carbons (Fsp3) is 0.625. The summed E-state index contributed by atoms with van der Waals surface area (Å²) in [6, 6.07) is 8.65. The number of ether oxygens (including phenoxy) is 2. The van der Waals surface area contributed by atoms with Crippen molar-refractivity contribution in [2.24, 2.45) is 5.92 Å². The Bertz CT molecular complexity index is 802. The third kappa shape index (κ3) is 11.7. The lowest BCUT2D eigenvalue weighted by Gasteiger charge is -2.31. The normalized spacial score (nSPS) is 13.6. The highest BCUT2D eigenvalue weighted by Gasteiger charge is 2.39. The van der Waals surface area contributed by atoms with Crippen LogP contribution in [0.5, 0.6) is 5.75 Å². The Morgan fingerprint density at radius 1 is 0.971 bits per heavy atom. The summed E-state index contributed by atoms with van der Waals surface area (Å²) in [6.45, 7) is 9.14. The first kappa shape index (κ1) is 29.7. The maximum Gasteiger partial charge on any atom is 0.306 e. The highest BCUT2D eigenvalue weighted by Crippen LogP contribution is 2.53. The van der Waals surface area contributed by atoms with E-state index in [9.17, 15) is 18.9 Å². The largest absolute Gasteiger partial charge is 0.466 e. The highest BCUT2D eigenvalue weighted by molar-refractivity contribution is 7.60. The monoisotopic (exact) mass is 498 g/mol. The predicted octanol–water partition coefficient (Wildman–Crippen LogP) is 3.72. The molecule has 1 aromatic rings. The van der Waals surface area contributed by atoms with Crippen molar-refractivity contribution >= 4 is 25.2 Å². The Kier molecular flexibility index (Phi) is 14.2. The number of hydrogen-bond donors (Lipinski definition) is 2. The number of esters is 1. The topological polar surface area (TPSA) is 120 Å². The van der Waals surface area contributed by atoms with Crippen molar-refractivity contribution in [2.45, 2.75) is 59.2 Å². The first-order chi connectivity index (χ1) is 16.2. The minimum Gasteiger partial charge on any atom is -0.466 e. The standard InChI is InChI=1S/C24H39N2O7P/c1-5-31-17-10-16-25-21(27)13-14-22(28)26-24(19(3)4)34(30,18-15-23(29)32-6-2)33-20-11-8-7-9-12-20/h7-9,11-12,19,24H,5-6,10,13-18H2,1-4H3,(H,25,27)(H,26,28)/t24-,34-/m1/s1. The van der Waals surface area contributed by atoms with E-state index < -0.39 is 25.0 Å². The molecular weight excluding hydrogens is 459 g/mol. The van der Waals surface area contributed by atoms with Crippen LogP contribution in [-0.2, 0) is 28.4 Å². The maximum absolute atomic E-state index is 14.0. The molecule has 0 fully saturated rings. The number of amides is 2. The smallest absolute Gasteiger partial charge is 0.306 e. The zero-order valence-corrected chi connectivity index (χ0v) is 21.6. The van der Waals surface area contributed by atoms with Crippen molar-refractivity contribution in [1.29, 1.82) is 0 Å². The molecule has 34 heavy (non-hydrogen) atoms. The molecule has 192 valence electrons. The molecule has 0 saturated heterocycles. The lowest BCUT2D eigenvalue weighted by Crippen LogP contribution is -2.40. The van der Waals surface area contributed by atoms with E-state index in [0.29, 0.717) is 31.9 Å². The molecule has 0 bridgehead atoms. The summed E-state index contributed by atoms with van der Waals surface area (Å²) in [6.07, 6.45) is 0.481. The SMILES string of the molecule is CCOCCCNC(=O)CCC(=O)N[C@@H](C(C)C)[P@@](=O)(CCC(=O)OCC)Oc1ccccc1. The number of carbonyl (C=O) groups is 3. The molecule has 0 aliphatic carbocycles. The predicted molar refractivity (Wildman–Crippen MR) is 131 cm³/mol. The van der Waals surface area contributed by atoms with Gasteiger partial charge in [0.15, 0.2) is 0 Å². The molecule has 0 spiro atoms. The van der Waals surface area contributed by atoms with Crippen molar-refractivity contribution in [1.82, 2.24) is 10.6 Å². The summed E-state index contributed by atoms with van der Waals surface area (Å²) >= 11 is 0. The Labute approximate surface area is 202 Å². The molecule has 0 aromatic heterocycles. The molecule has 2 atom stereocenters. The van der Waals surface area contributed by atoms with Crippen molar-refractivity contribution in [3.8, 4) is 5.75 Å². The van der Waals surface area contributed by atoms with Crippen molar-refractivity contribution in [3.05, 3.63) is 30.3 Å². The first-order valence-corrected chi connectivity index (χ1v) is 13.7. The molecular formula is C24H39N2O7P. The van der Waals surface area contributed by atoms with Crippen LogP contribution in [0.3, 0.4) is 0 Å². The van der Waals surface area contributed by atoms with Gasteiger partial charge in [0.05, 0.1) is 13.0 Å². The van der Waals surface area contributed by atoms with Gasteiger partial charge in [-0.15, -0.1) is 0 Å². The Morgan fingerprint density at radius 3 is 2.26 bits per heavy atom. The van der Waals surface area contributed by atoms with Crippen LogP contribution < -0.4 is 15.2 Å². The second-order valence-corrected chi connectivity index (χ2v) is 10.7. The van der Waals surface area contributed by atoms with Crippen LogP contribution in [0.15, 0.2) is 30.3 Å². The molecule has 9 nitrogen and oxygen atoms in total. The zero-order valence-electron chi connectivity index (χ0n) is 20.7. The minimum absolute atomic E-state index is 0.0119. The molecule has 2 amide bonds. The van der Waals surface area contributed by atoms with Gasteiger partial charge < -0.3 is 24.6 Å². The van der Waals surface area contributed by atoms with Crippen LogP contribution in [0.4, 0.5) is 0 Å². The number of hydrogen-bond acceptors (Lipinski definition) is 7. The van der Waals surface area contributed by atoms with E-state index in [0.717, 1.165) is 0 Å². The Balaban J connectivity index is 2.80. The molecule has 0 aliphatic rings. The molecule has 2 N–H and O–H groups in total. The molecule has 0 radical (unpaired) electrons. The van der Waals surface area contributed by atoms with Gasteiger partial charge in [0.2, 0.25) is 11.8 Å². The molecule has 0 unspecified atom stereocenters. The van der Waals surface area contributed by atoms with Crippen molar-refractivity contribution < 1.29 is 32.9 Å². The van der Waals surface area contributed by atoms with Crippen LogP contribution in [0.1, 0.15) is 53.4 Å². The molecule has 0 aliphatic heterocycles. The third-order valence-electron chi connectivity index (χ3n) is 4.87. The second-order valence-electron chi connectivity index (χ2n) is 8.07.